The van der Waals surface area contributed by atoms with Gasteiger partial charge in [-0.2, -0.15) is 43.9 Å². The highest BCUT2D eigenvalue weighted by molar-refractivity contribution is 5.69. The van der Waals surface area contributed by atoms with E-state index in [0.717, 1.165) is 51.4 Å². The second-order valence-corrected chi connectivity index (χ2v) is 8.93. The van der Waals surface area contributed by atoms with Gasteiger partial charge in [0.1, 0.15) is 0 Å². The molecule has 1 saturated carbocycles. The number of hydrogen-bond donors (Lipinski definition) is 0. The van der Waals surface area contributed by atoms with Gasteiger partial charge in [-0.25, -0.2) is 8.78 Å². The van der Waals surface area contributed by atoms with E-state index < -0.39 is 55.0 Å². The lowest BCUT2D eigenvalue weighted by molar-refractivity contribution is -0.414. The third-order valence-corrected chi connectivity index (χ3v) is 6.29. The smallest absolute Gasteiger partial charge is 0.384 e. The molecule has 0 saturated heterocycles. The molecule has 0 aromatic rings. The normalized spacial score (nSPS) is 20.9. The number of halogens is 12. The molecule has 0 N–H and O–H groups in total. The molecule has 0 unspecified atom stereocenters. The molecule has 0 bridgehead atoms. The van der Waals surface area contributed by atoms with E-state index in [1.807, 2.05) is 0 Å². The van der Waals surface area contributed by atoms with E-state index in [1.165, 1.54) is 0 Å². The number of esters is 1. The van der Waals surface area contributed by atoms with Gasteiger partial charge in [-0.3, -0.25) is 4.79 Å². The van der Waals surface area contributed by atoms with Crippen LogP contribution in [-0.4, -0.2) is 48.6 Å². The van der Waals surface area contributed by atoms with Gasteiger partial charge in [0.15, 0.2) is 6.61 Å². The van der Waals surface area contributed by atoms with Crippen molar-refractivity contribution in [1.29, 1.82) is 0 Å². The summed E-state index contributed by atoms with van der Waals surface area (Å²) in [5.41, 5.74) is 0. The van der Waals surface area contributed by atoms with E-state index in [2.05, 4.69) is 11.7 Å². The molecule has 0 atom stereocenters. The molecule has 1 aliphatic carbocycles. The Hall–Kier alpha value is -1.37. The zero-order valence-corrected chi connectivity index (χ0v) is 18.9. The monoisotopic (exact) mass is 540 g/mol. The number of carbonyl (C=O) groups is 1. The Kier molecular flexibility index (Phi) is 10.7. The van der Waals surface area contributed by atoms with Crippen LogP contribution in [0.3, 0.4) is 0 Å². The van der Waals surface area contributed by atoms with E-state index >= 15 is 0 Å². The van der Waals surface area contributed by atoms with Gasteiger partial charge in [0.2, 0.25) is 0 Å². The predicted octanol–water partition coefficient (Wildman–Crippen LogP) is 8.14. The zero-order valence-electron chi connectivity index (χ0n) is 18.9. The Labute approximate surface area is 194 Å². The van der Waals surface area contributed by atoms with Crippen molar-refractivity contribution >= 4 is 5.97 Å². The molecule has 14 heteroatoms. The summed E-state index contributed by atoms with van der Waals surface area (Å²) in [6.07, 6.45) is 1.52. The average molecular weight is 540 g/mol. The molecular weight excluding hydrogens is 512 g/mol. The van der Waals surface area contributed by atoms with E-state index in [4.69, 9.17) is 0 Å². The average Bonchev–Trinajstić information content (AvgIpc) is 2.76. The second kappa shape index (κ2) is 11.8. The van der Waals surface area contributed by atoms with Gasteiger partial charge in [0.05, 0.1) is 0 Å². The van der Waals surface area contributed by atoms with Crippen LogP contribution in [0.5, 0.6) is 0 Å². The first-order valence-electron chi connectivity index (χ1n) is 11.2. The minimum absolute atomic E-state index is 0.00605. The van der Waals surface area contributed by atoms with E-state index in [-0.39, 0.29) is 12.3 Å². The Balaban J connectivity index is 2.66. The highest BCUT2D eigenvalue weighted by Crippen LogP contribution is 2.58. The number of unbranched alkanes of at least 4 members (excludes halogenated alkanes) is 2. The van der Waals surface area contributed by atoms with Gasteiger partial charge in [-0.05, 0) is 18.3 Å². The predicted molar refractivity (Wildman–Crippen MR) is 101 cm³/mol. The fourth-order valence-electron chi connectivity index (χ4n) is 3.92. The molecular formula is C21H28F12O2. The highest BCUT2D eigenvalue weighted by Gasteiger charge is 2.87. The van der Waals surface area contributed by atoms with E-state index in [9.17, 15) is 57.5 Å². The fourth-order valence-corrected chi connectivity index (χ4v) is 3.92. The Bertz CT molecular complexity index is 673. The van der Waals surface area contributed by atoms with Crippen molar-refractivity contribution < 1.29 is 62.2 Å². The third kappa shape index (κ3) is 6.90. The number of carbonyl (C=O) groups excluding carboxylic acids is 1. The van der Waals surface area contributed by atoms with Gasteiger partial charge in [0, 0.05) is 6.42 Å². The number of hydrogen-bond acceptors (Lipinski definition) is 2. The van der Waals surface area contributed by atoms with Crippen LogP contribution in [0.4, 0.5) is 52.7 Å². The van der Waals surface area contributed by atoms with Crippen LogP contribution < -0.4 is 0 Å². The molecule has 2 nitrogen and oxygen atoms in total. The summed E-state index contributed by atoms with van der Waals surface area (Å²) in [4.78, 5) is 11.6. The first-order valence-corrected chi connectivity index (χ1v) is 11.2. The maximum absolute atomic E-state index is 13.7. The number of ether oxygens (including phenoxy) is 1. The molecule has 0 spiro atoms. The van der Waals surface area contributed by atoms with Gasteiger partial charge in [0.25, 0.3) is 0 Å². The lowest BCUT2D eigenvalue weighted by atomic mass is 9.78. The second-order valence-electron chi connectivity index (χ2n) is 8.93. The summed E-state index contributed by atoms with van der Waals surface area (Å²) in [5, 5.41) is 0. The first-order chi connectivity index (χ1) is 15.8. The van der Waals surface area contributed by atoms with Crippen molar-refractivity contribution in [2.75, 3.05) is 6.61 Å². The van der Waals surface area contributed by atoms with E-state index in [1.54, 1.807) is 0 Å². The van der Waals surface area contributed by atoms with Gasteiger partial charge >= 0.3 is 42.0 Å². The molecule has 0 aliphatic heterocycles. The van der Waals surface area contributed by atoms with Crippen LogP contribution in [0.15, 0.2) is 0 Å². The van der Waals surface area contributed by atoms with Gasteiger partial charge in [-0.1, -0.05) is 58.3 Å². The lowest BCUT2D eigenvalue weighted by Crippen LogP contribution is -2.69. The Morgan fingerprint density at radius 3 is 1.71 bits per heavy atom. The van der Waals surface area contributed by atoms with Crippen LogP contribution in [0.25, 0.3) is 0 Å². The van der Waals surface area contributed by atoms with Crippen molar-refractivity contribution in [2.24, 2.45) is 11.8 Å². The standard InChI is InChI=1S/C21H28F12O2/c1-2-3-4-5-13-6-8-14(9-7-13)10-11-15(34)35-12-17(24,25)19(28,29)21(32,33)20(30,31)18(26,27)16(22)23/h13-14,16H,2-12H2,1H3/t13-,14-. The zero-order chi connectivity index (χ0) is 27.3. The minimum Gasteiger partial charge on any atom is -0.459 e. The number of rotatable bonds is 14. The summed E-state index contributed by atoms with van der Waals surface area (Å²) in [5.74, 6) is -36.8. The molecule has 1 rings (SSSR count). The van der Waals surface area contributed by atoms with E-state index in [0.29, 0.717) is 5.92 Å². The molecule has 35 heavy (non-hydrogen) atoms. The molecule has 0 heterocycles. The van der Waals surface area contributed by atoms with Crippen LogP contribution >= 0.6 is 0 Å². The van der Waals surface area contributed by atoms with Crippen LogP contribution in [0.1, 0.15) is 71.1 Å². The van der Waals surface area contributed by atoms with Crippen LogP contribution in [-0.2, 0) is 9.53 Å². The molecule has 0 amide bonds. The van der Waals surface area contributed by atoms with Gasteiger partial charge in [-0.15, -0.1) is 0 Å². The van der Waals surface area contributed by atoms with Crippen molar-refractivity contribution in [3.63, 3.8) is 0 Å². The first kappa shape index (κ1) is 31.7. The Morgan fingerprint density at radius 1 is 0.771 bits per heavy atom. The summed E-state index contributed by atoms with van der Waals surface area (Å²) >= 11 is 0. The molecule has 1 fully saturated rings. The summed E-state index contributed by atoms with van der Waals surface area (Å²) in [6.45, 7) is -0.769. The maximum Gasteiger partial charge on any atom is 0.384 e. The number of alkyl halides is 12. The van der Waals surface area contributed by atoms with Crippen molar-refractivity contribution in [2.45, 2.75) is 107 Å². The molecule has 0 aromatic carbocycles. The molecule has 1 aliphatic rings. The topological polar surface area (TPSA) is 26.3 Å². The quantitative estimate of drug-likeness (QED) is 0.126. The fraction of sp³-hybridized carbons (Fsp3) is 0.952. The molecule has 208 valence electrons. The van der Waals surface area contributed by atoms with Crippen LogP contribution in [0.2, 0.25) is 0 Å². The molecule has 0 aromatic heterocycles. The minimum atomic E-state index is -7.62. The summed E-state index contributed by atoms with van der Waals surface area (Å²) in [6, 6.07) is 0. The largest absolute Gasteiger partial charge is 0.459 e. The summed E-state index contributed by atoms with van der Waals surface area (Å²) in [7, 11) is 0. The van der Waals surface area contributed by atoms with Gasteiger partial charge < -0.3 is 4.74 Å². The third-order valence-electron chi connectivity index (χ3n) is 6.29. The van der Waals surface area contributed by atoms with Crippen LogP contribution in [0, 0.1) is 11.8 Å². The maximum atomic E-state index is 13.7. The van der Waals surface area contributed by atoms with Crippen molar-refractivity contribution in [1.82, 2.24) is 0 Å². The molecule has 0 radical (unpaired) electrons. The highest BCUT2D eigenvalue weighted by atomic mass is 19.4. The SMILES string of the molecule is CCCCC[C@H]1CC[C@H](CCC(=O)OCC(F)(F)C(F)(F)C(F)(F)C(F)(F)C(F)(F)C(F)F)CC1. The Morgan fingerprint density at radius 2 is 1.26 bits per heavy atom. The van der Waals surface area contributed by atoms with Crippen molar-refractivity contribution in [3.8, 4) is 0 Å². The van der Waals surface area contributed by atoms with Crippen molar-refractivity contribution in [3.05, 3.63) is 0 Å². The lowest BCUT2D eigenvalue weighted by Gasteiger charge is -2.38. The summed E-state index contributed by atoms with van der Waals surface area (Å²) < 4.78 is 161.